The van der Waals surface area contributed by atoms with Crippen LogP contribution in [0.4, 0.5) is 11.4 Å². The smallest absolute Gasteiger partial charge is 0.312 e. The lowest BCUT2D eigenvalue weighted by molar-refractivity contribution is -0.146. The molecule has 0 aromatic heterocycles. The van der Waals surface area contributed by atoms with E-state index in [2.05, 4.69) is 9.64 Å². The van der Waals surface area contributed by atoms with Gasteiger partial charge in [0.05, 0.1) is 13.0 Å². The van der Waals surface area contributed by atoms with Gasteiger partial charge in [-0.25, -0.2) is 0 Å². The summed E-state index contributed by atoms with van der Waals surface area (Å²) in [6, 6.07) is 7.65. The Labute approximate surface area is 88.6 Å². The zero-order chi connectivity index (χ0) is 10.8. The number of hydrogen-bond donors (Lipinski definition) is 1. The van der Waals surface area contributed by atoms with Crippen molar-refractivity contribution in [1.29, 1.82) is 0 Å². The molecule has 2 rings (SSSR count). The minimum atomic E-state index is -0.123. The van der Waals surface area contributed by atoms with E-state index in [1.807, 2.05) is 24.3 Å². The van der Waals surface area contributed by atoms with Gasteiger partial charge in [-0.15, -0.1) is 0 Å². The number of nitrogen functional groups attached to an aromatic ring is 1. The van der Waals surface area contributed by atoms with Crippen LogP contribution in [0.5, 0.6) is 0 Å². The molecule has 4 nitrogen and oxygen atoms in total. The molecule has 0 spiro atoms. The van der Waals surface area contributed by atoms with Gasteiger partial charge in [0.2, 0.25) is 0 Å². The fraction of sp³-hybridized carbons (Fsp3) is 0.364. The number of nitrogens with two attached hydrogens (primary N) is 1. The number of rotatable bonds is 2. The lowest BCUT2D eigenvalue weighted by atomic mass is 9.99. The van der Waals surface area contributed by atoms with Crippen LogP contribution in [0.15, 0.2) is 24.3 Å². The number of methoxy groups -OCH3 is 1. The fourth-order valence-corrected chi connectivity index (χ4v) is 1.69. The Morgan fingerprint density at radius 2 is 2.00 bits per heavy atom. The molecule has 1 aromatic carbocycles. The van der Waals surface area contributed by atoms with Crippen molar-refractivity contribution in [2.45, 2.75) is 0 Å². The maximum atomic E-state index is 11.2. The lowest BCUT2D eigenvalue weighted by Crippen LogP contribution is -2.50. The molecular weight excluding hydrogens is 192 g/mol. The zero-order valence-electron chi connectivity index (χ0n) is 8.64. The van der Waals surface area contributed by atoms with Crippen molar-refractivity contribution < 1.29 is 9.53 Å². The second-order valence-electron chi connectivity index (χ2n) is 3.72. The van der Waals surface area contributed by atoms with E-state index in [4.69, 9.17) is 5.73 Å². The number of anilines is 2. The average molecular weight is 206 g/mol. The van der Waals surface area contributed by atoms with Crippen LogP contribution < -0.4 is 10.6 Å². The summed E-state index contributed by atoms with van der Waals surface area (Å²) >= 11 is 0. The molecule has 0 aliphatic carbocycles. The number of carbonyl (C=O) groups excluding carboxylic acids is 1. The lowest BCUT2D eigenvalue weighted by Gasteiger charge is -2.39. The van der Waals surface area contributed by atoms with Gasteiger partial charge in [0.1, 0.15) is 0 Å². The summed E-state index contributed by atoms with van der Waals surface area (Å²) in [5.41, 5.74) is 7.45. The highest BCUT2D eigenvalue weighted by Crippen LogP contribution is 2.25. The van der Waals surface area contributed by atoms with E-state index in [0.717, 1.165) is 24.5 Å². The van der Waals surface area contributed by atoms with Crippen molar-refractivity contribution in [3.8, 4) is 0 Å². The van der Waals surface area contributed by atoms with E-state index in [9.17, 15) is 4.79 Å². The second kappa shape index (κ2) is 3.81. The molecule has 1 heterocycles. The number of nitrogens with zero attached hydrogens (tertiary/aromatic N) is 1. The fourth-order valence-electron chi connectivity index (χ4n) is 1.69. The Morgan fingerprint density at radius 1 is 1.40 bits per heavy atom. The minimum absolute atomic E-state index is 0.0209. The second-order valence-corrected chi connectivity index (χ2v) is 3.72. The summed E-state index contributed by atoms with van der Waals surface area (Å²) in [6.45, 7) is 1.47. The first-order valence-electron chi connectivity index (χ1n) is 4.89. The van der Waals surface area contributed by atoms with E-state index in [0.29, 0.717) is 0 Å². The molecule has 80 valence electrons. The van der Waals surface area contributed by atoms with Crippen LogP contribution in [0.3, 0.4) is 0 Å². The van der Waals surface area contributed by atoms with Crippen LogP contribution in [0.2, 0.25) is 0 Å². The molecule has 0 amide bonds. The molecule has 1 aromatic rings. The van der Waals surface area contributed by atoms with Crippen LogP contribution >= 0.6 is 0 Å². The van der Waals surface area contributed by atoms with E-state index >= 15 is 0 Å². The third-order valence-corrected chi connectivity index (χ3v) is 2.67. The van der Waals surface area contributed by atoms with Crippen LogP contribution in [-0.4, -0.2) is 26.2 Å². The van der Waals surface area contributed by atoms with Crippen molar-refractivity contribution in [2.24, 2.45) is 5.92 Å². The van der Waals surface area contributed by atoms with Gasteiger partial charge in [0.25, 0.3) is 0 Å². The van der Waals surface area contributed by atoms with E-state index in [-0.39, 0.29) is 11.9 Å². The quantitative estimate of drug-likeness (QED) is 0.576. The van der Waals surface area contributed by atoms with Gasteiger partial charge >= 0.3 is 5.97 Å². The first-order valence-corrected chi connectivity index (χ1v) is 4.89. The molecule has 1 fully saturated rings. The minimum Gasteiger partial charge on any atom is -0.469 e. The van der Waals surface area contributed by atoms with E-state index in [1.165, 1.54) is 7.11 Å². The van der Waals surface area contributed by atoms with Crippen LogP contribution in [0.25, 0.3) is 0 Å². The van der Waals surface area contributed by atoms with Gasteiger partial charge in [-0.1, -0.05) is 0 Å². The van der Waals surface area contributed by atoms with Gasteiger partial charge in [-0.2, -0.15) is 0 Å². The van der Waals surface area contributed by atoms with Crippen LogP contribution in [0, 0.1) is 5.92 Å². The third kappa shape index (κ3) is 1.88. The Morgan fingerprint density at radius 3 is 2.53 bits per heavy atom. The predicted molar refractivity (Wildman–Crippen MR) is 58.6 cm³/mol. The Hall–Kier alpha value is -1.71. The van der Waals surface area contributed by atoms with Gasteiger partial charge in [-0.05, 0) is 24.3 Å². The molecule has 15 heavy (non-hydrogen) atoms. The molecule has 0 bridgehead atoms. The highest BCUT2D eigenvalue weighted by molar-refractivity contribution is 5.76. The van der Waals surface area contributed by atoms with Crippen molar-refractivity contribution >= 4 is 17.3 Å². The highest BCUT2D eigenvalue weighted by Gasteiger charge is 2.33. The number of ether oxygens (including phenoxy) is 1. The molecule has 0 radical (unpaired) electrons. The topological polar surface area (TPSA) is 55.6 Å². The van der Waals surface area contributed by atoms with Crippen LogP contribution in [-0.2, 0) is 9.53 Å². The van der Waals surface area contributed by atoms with Gasteiger partial charge in [-0.3, -0.25) is 4.79 Å². The molecule has 4 heteroatoms. The third-order valence-electron chi connectivity index (χ3n) is 2.67. The first-order chi connectivity index (χ1) is 7.20. The van der Waals surface area contributed by atoms with Crippen molar-refractivity contribution in [1.82, 2.24) is 0 Å². The highest BCUT2D eigenvalue weighted by atomic mass is 16.5. The van der Waals surface area contributed by atoms with Crippen LogP contribution in [0.1, 0.15) is 0 Å². The van der Waals surface area contributed by atoms with Crippen molar-refractivity contribution in [2.75, 3.05) is 30.8 Å². The summed E-state index contributed by atoms with van der Waals surface area (Å²) in [6.07, 6.45) is 0. The standard InChI is InChI=1S/C11H14N2O2/c1-15-11(14)8-6-13(7-8)10-4-2-9(12)3-5-10/h2-5,8H,6-7,12H2,1H3. The Bertz CT molecular complexity index is 355. The molecule has 1 aliphatic rings. The molecule has 1 aliphatic heterocycles. The predicted octanol–water partition coefficient (Wildman–Crippen LogP) is 0.878. The molecule has 0 unspecified atom stereocenters. The Kier molecular flexibility index (Phi) is 2.49. The van der Waals surface area contributed by atoms with Crippen molar-refractivity contribution in [3.63, 3.8) is 0 Å². The maximum absolute atomic E-state index is 11.2. The monoisotopic (exact) mass is 206 g/mol. The summed E-state index contributed by atoms with van der Waals surface area (Å²) in [7, 11) is 1.42. The number of esters is 1. The molecule has 0 atom stereocenters. The average Bonchev–Trinajstić information content (AvgIpc) is 2.18. The normalized spacial score (nSPS) is 15.9. The van der Waals surface area contributed by atoms with Gasteiger partial charge in [0.15, 0.2) is 0 Å². The summed E-state index contributed by atoms with van der Waals surface area (Å²) in [5, 5.41) is 0. The largest absolute Gasteiger partial charge is 0.469 e. The molecule has 0 saturated carbocycles. The Balaban J connectivity index is 1.94. The number of hydrogen-bond acceptors (Lipinski definition) is 4. The van der Waals surface area contributed by atoms with E-state index in [1.54, 1.807) is 0 Å². The van der Waals surface area contributed by atoms with Gasteiger partial charge in [0, 0.05) is 24.5 Å². The summed E-state index contributed by atoms with van der Waals surface area (Å²) in [5.74, 6) is -0.103. The summed E-state index contributed by atoms with van der Waals surface area (Å²) < 4.78 is 4.67. The zero-order valence-corrected chi connectivity index (χ0v) is 8.64. The molecule has 1 saturated heterocycles. The first kappa shape index (κ1) is 9.83. The number of benzene rings is 1. The van der Waals surface area contributed by atoms with Crippen molar-refractivity contribution in [3.05, 3.63) is 24.3 Å². The maximum Gasteiger partial charge on any atom is 0.312 e. The van der Waals surface area contributed by atoms with E-state index < -0.39 is 0 Å². The number of carbonyl (C=O) groups is 1. The molecule has 2 N–H and O–H groups in total. The SMILES string of the molecule is COC(=O)C1CN(c2ccc(N)cc2)C1. The van der Waals surface area contributed by atoms with Gasteiger partial charge < -0.3 is 15.4 Å². The molecular formula is C11H14N2O2. The summed E-state index contributed by atoms with van der Waals surface area (Å²) in [4.78, 5) is 13.3.